The molecule has 7 nitrogen and oxygen atoms in total. The lowest BCUT2D eigenvalue weighted by Gasteiger charge is -2.10. The summed E-state index contributed by atoms with van der Waals surface area (Å²) in [7, 11) is -4.50. The van der Waals surface area contributed by atoms with Crippen LogP contribution < -0.4 is 0 Å². The number of hydrogen-bond acceptors (Lipinski definition) is 5. The third-order valence-corrected chi connectivity index (χ3v) is 4.83. The maximum absolute atomic E-state index is 10.9. The quantitative estimate of drug-likeness (QED) is 0.444. The van der Waals surface area contributed by atoms with Gasteiger partial charge in [-0.15, -0.1) is 0 Å². The van der Waals surface area contributed by atoms with Gasteiger partial charge < -0.3 is 9.79 Å². The topological polar surface area (TPSA) is 105 Å². The highest BCUT2D eigenvalue weighted by molar-refractivity contribution is 7.46. The molecule has 150 valence electrons. The zero-order chi connectivity index (χ0) is 21.0. The summed E-state index contributed by atoms with van der Waals surface area (Å²) >= 11 is 0. The molecule has 0 amide bonds. The first-order valence-electron chi connectivity index (χ1n) is 9.12. The van der Waals surface area contributed by atoms with Crippen LogP contribution in [0.15, 0.2) is 85.2 Å². The molecule has 0 radical (unpaired) electrons. The van der Waals surface area contributed by atoms with Crippen molar-refractivity contribution in [2.24, 2.45) is 0 Å². The van der Waals surface area contributed by atoms with Gasteiger partial charge in [-0.1, -0.05) is 36.4 Å². The molecule has 2 N–H and O–H groups in total. The average Bonchev–Trinajstić information content (AvgIpc) is 2.78. The van der Waals surface area contributed by atoms with Crippen LogP contribution in [0.3, 0.4) is 0 Å². The van der Waals surface area contributed by atoms with Gasteiger partial charge in [0.15, 0.2) is 0 Å². The van der Waals surface area contributed by atoms with Gasteiger partial charge in [0.1, 0.15) is 0 Å². The summed E-state index contributed by atoms with van der Waals surface area (Å²) in [6, 6.07) is 22.5. The summed E-state index contributed by atoms with van der Waals surface area (Å²) in [6.45, 7) is -0.167. The molecule has 0 aliphatic rings. The Balaban J connectivity index is 1.73. The Bertz CT molecular complexity index is 1120. The van der Waals surface area contributed by atoms with E-state index in [1.54, 1.807) is 24.5 Å². The van der Waals surface area contributed by atoms with E-state index in [4.69, 9.17) is 14.8 Å². The number of nitrogens with zero attached hydrogens (tertiary/aromatic N) is 3. The van der Waals surface area contributed by atoms with E-state index in [0.717, 1.165) is 33.9 Å². The van der Waals surface area contributed by atoms with E-state index in [0.29, 0.717) is 5.56 Å². The Morgan fingerprint density at radius 2 is 1.30 bits per heavy atom. The van der Waals surface area contributed by atoms with Gasteiger partial charge in [0.25, 0.3) is 0 Å². The molecule has 4 rings (SSSR count). The molecule has 0 aliphatic carbocycles. The van der Waals surface area contributed by atoms with Crippen molar-refractivity contribution in [1.29, 1.82) is 0 Å². The molecule has 0 aliphatic heterocycles. The summed E-state index contributed by atoms with van der Waals surface area (Å²) in [5, 5.41) is 0. The molecule has 4 aromatic rings. The highest BCUT2D eigenvalue weighted by Gasteiger charge is 2.14. The smallest absolute Gasteiger partial charge is 0.303 e. The van der Waals surface area contributed by atoms with Crippen LogP contribution in [0.4, 0.5) is 0 Å². The molecule has 0 saturated carbocycles. The lowest BCUT2D eigenvalue weighted by atomic mass is 10.0. The summed E-state index contributed by atoms with van der Waals surface area (Å²) in [5.74, 6) is 0. The summed E-state index contributed by atoms with van der Waals surface area (Å²) in [4.78, 5) is 31.3. The molecule has 0 fully saturated rings. The van der Waals surface area contributed by atoms with Crippen LogP contribution in [0.1, 0.15) is 5.56 Å². The predicted molar refractivity (Wildman–Crippen MR) is 113 cm³/mol. The first-order chi connectivity index (χ1) is 14.5. The average molecular weight is 419 g/mol. The van der Waals surface area contributed by atoms with Crippen molar-refractivity contribution in [3.05, 3.63) is 90.8 Å². The predicted octanol–water partition coefficient (Wildman–Crippen LogP) is 4.48. The van der Waals surface area contributed by atoms with Gasteiger partial charge in [-0.25, -0.2) is 9.55 Å². The fraction of sp³-hybridized carbons (Fsp3) is 0.0455. The Labute approximate surface area is 173 Å². The number of hydrogen-bond donors (Lipinski definition) is 2. The SMILES string of the molecule is O=P(O)(O)OCc1ccc(-c2cc(-c3ccccn3)nc(-c3ccccn3)c2)cc1. The zero-order valence-corrected chi connectivity index (χ0v) is 16.7. The molecule has 0 bridgehead atoms. The minimum atomic E-state index is -4.50. The number of rotatable bonds is 6. The monoisotopic (exact) mass is 419 g/mol. The van der Waals surface area contributed by atoms with E-state index >= 15 is 0 Å². The number of pyridine rings is 3. The van der Waals surface area contributed by atoms with Crippen molar-refractivity contribution in [1.82, 2.24) is 15.0 Å². The molecule has 30 heavy (non-hydrogen) atoms. The first kappa shape index (κ1) is 20.1. The van der Waals surface area contributed by atoms with Crippen LogP contribution in [-0.4, -0.2) is 24.7 Å². The fourth-order valence-electron chi connectivity index (χ4n) is 2.94. The molecule has 0 atom stereocenters. The highest BCUT2D eigenvalue weighted by Crippen LogP contribution is 2.37. The molecular weight excluding hydrogens is 401 g/mol. The van der Waals surface area contributed by atoms with Crippen molar-refractivity contribution in [2.45, 2.75) is 6.61 Å². The van der Waals surface area contributed by atoms with E-state index in [2.05, 4.69) is 14.5 Å². The first-order valence-corrected chi connectivity index (χ1v) is 10.7. The van der Waals surface area contributed by atoms with Crippen molar-refractivity contribution in [3.8, 4) is 33.9 Å². The van der Waals surface area contributed by atoms with Crippen LogP contribution in [-0.2, 0) is 15.7 Å². The molecule has 0 saturated heterocycles. The third kappa shape index (κ3) is 5.03. The fourth-order valence-corrected chi connectivity index (χ4v) is 3.26. The molecule has 8 heteroatoms. The number of benzene rings is 1. The van der Waals surface area contributed by atoms with Gasteiger partial charge >= 0.3 is 7.82 Å². The van der Waals surface area contributed by atoms with Crippen LogP contribution in [0.2, 0.25) is 0 Å². The van der Waals surface area contributed by atoms with Gasteiger partial charge in [0, 0.05) is 12.4 Å². The minimum absolute atomic E-state index is 0.167. The molecular formula is C22H18N3O4P. The largest absolute Gasteiger partial charge is 0.469 e. The van der Waals surface area contributed by atoms with Crippen molar-refractivity contribution < 1.29 is 18.9 Å². The van der Waals surface area contributed by atoms with E-state index in [1.165, 1.54) is 0 Å². The Morgan fingerprint density at radius 3 is 1.77 bits per heavy atom. The van der Waals surface area contributed by atoms with Crippen molar-refractivity contribution >= 4 is 7.82 Å². The zero-order valence-electron chi connectivity index (χ0n) is 15.8. The second-order valence-corrected chi connectivity index (χ2v) is 7.76. The van der Waals surface area contributed by atoms with Crippen LogP contribution in [0, 0.1) is 0 Å². The molecule has 1 aromatic carbocycles. The van der Waals surface area contributed by atoms with Crippen LogP contribution in [0.25, 0.3) is 33.9 Å². The normalized spacial score (nSPS) is 11.4. The lowest BCUT2D eigenvalue weighted by Crippen LogP contribution is -1.94. The van der Waals surface area contributed by atoms with Gasteiger partial charge in [0.2, 0.25) is 0 Å². The van der Waals surface area contributed by atoms with Crippen molar-refractivity contribution in [2.75, 3.05) is 0 Å². The summed E-state index contributed by atoms with van der Waals surface area (Å²) in [5.41, 5.74) is 5.46. The summed E-state index contributed by atoms with van der Waals surface area (Å²) in [6.07, 6.45) is 3.44. The van der Waals surface area contributed by atoms with Gasteiger partial charge in [0.05, 0.1) is 29.4 Å². The highest BCUT2D eigenvalue weighted by atomic mass is 31.2. The number of aromatic nitrogens is 3. The second-order valence-electron chi connectivity index (χ2n) is 6.52. The Kier molecular flexibility index (Phi) is 5.79. The maximum atomic E-state index is 10.9. The van der Waals surface area contributed by atoms with Crippen molar-refractivity contribution in [3.63, 3.8) is 0 Å². The van der Waals surface area contributed by atoms with Gasteiger partial charge in [-0.3, -0.25) is 14.5 Å². The Morgan fingerprint density at radius 1 is 0.733 bits per heavy atom. The molecule has 0 spiro atoms. The number of phosphoric acid groups is 1. The van der Waals surface area contributed by atoms with Gasteiger partial charge in [-0.05, 0) is 53.1 Å². The van der Waals surface area contributed by atoms with E-state index in [-0.39, 0.29) is 6.61 Å². The maximum Gasteiger partial charge on any atom is 0.469 e. The third-order valence-electron chi connectivity index (χ3n) is 4.37. The summed E-state index contributed by atoms with van der Waals surface area (Å²) < 4.78 is 15.4. The lowest BCUT2D eigenvalue weighted by molar-refractivity contribution is 0.189. The second kappa shape index (κ2) is 8.65. The van der Waals surface area contributed by atoms with Crippen LogP contribution >= 0.6 is 7.82 Å². The van der Waals surface area contributed by atoms with E-state index in [1.807, 2.05) is 60.7 Å². The molecule has 3 heterocycles. The van der Waals surface area contributed by atoms with E-state index < -0.39 is 7.82 Å². The minimum Gasteiger partial charge on any atom is -0.303 e. The number of phosphoric ester groups is 1. The molecule has 0 unspecified atom stereocenters. The Hall–Kier alpha value is -3.22. The van der Waals surface area contributed by atoms with Gasteiger partial charge in [-0.2, -0.15) is 0 Å². The molecule has 3 aromatic heterocycles. The van der Waals surface area contributed by atoms with Crippen LogP contribution in [0.5, 0.6) is 0 Å². The van der Waals surface area contributed by atoms with E-state index in [9.17, 15) is 4.57 Å². The standard InChI is InChI=1S/C22H18N3O4P/c26-30(27,28)29-15-16-7-9-17(10-8-16)18-13-21(19-5-1-3-11-23-19)25-22(14-18)20-6-2-4-12-24-20/h1-14H,15H2,(H2,26,27,28).